The molecule has 3 N–H and O–H groups in total. The molecule has 0 heterocycles. The minimum absolute atomic E-state index is 0.00396. The van der Waals surface area contributed by atoms with Crippen molar-refractivity contribution in [2.24, 2.45) is 0 Å². The molecule has 0 aliphatic carbocycles. The predicted octanol–water partition coefficient (Wildman–Crippen LogP) is 2.24. The van der Waals surface area contributed by atoms with Gasteiger partial charge in [-0.05, 0) is 39.7 Å². The number of non-ortho nitro benzene ring substituents is 1. The van der Waals surface area contributed by atoms with Crippen LogP contribution in [0.15, 0.2) is 58.7 Å². The number of hydrogen-bond donors (Lipinski definition) is 3. The van der Waals surface area contributed by atoms with Crippen molar-refractivity contribution in [3.05, 3.63) is 79.9 Å². The zero-order valence-corrected chi connectivity index (χ0v) is 15.6. The molecule has 8 nitrogen and oxygen atoms in total. The Bertz CT molecular complexity index is 898. The molecule has 0 bridgehead atoms. The van der Waals surface area contributed by atoms with E-state index in [0.29, 0.717) is 15.6 Å². The predicted molar refractivity (Wildman–Crippen MR) is 103 cm³/mol. The second-order valence-corrected chi connectivity index (χ2v) is 6.18. The summed E-state index contributed by atoms with van der Waals surface area (Å²) in [5, 5.41) is 24.7. The van der Waals surface area contributed by atoms with Crippen LogP contribution < -0.4 is 10.6 Å². The molecule has 0 aliphatic heterocycles. The van der Waals surface area contributed by atoms with Crippen LogP contribution >= 0.6 is 15.9 Å². The van der Waals surface area contributed by atoms with Crippen LogP contribution in [-0.4, -0.2) is 35.0 Å². The zero-order chi connectivity index (χ0) is 19.8. The van der Waals surface area contributed by atoms with E-state index in [0.717, 1.165) is 0 Å². The van der Waals surface area contributed by atoms with Gasteiger partial charge >= 0.3 is 0 Å². The molecule has 2 rings (SSSR count). The quantitative estimate of drug-likeness (QED) is 0.351. The number of nitro benzene ring substituents is 1. The Morgan fingerprint density at radius 3 is 2.59 bits per heavy atom. The topological polar surface area (TPSA) is 122 Å². The highest BCUT2D eigenvalue weighted by atomic mass is 79.9. The average molecular weight is 434 g/mol. The second kappa shape index (κ2) is 9.60. The van der Waals surface area contributed by atoms with Gasteiger partial charge in [-0.15, -0.1) is 0 Å². The molecule has 0 fully saturated rings. The fourth-order valence-electron chi connectivity index (χ4n) is 2.15. The first-order valence-corrected chi connectivity index (χ1v) is 8.62. The third-order valence-corrected chi connectivity index (χ3v) is 4.09. The molecule has 0 spiro atoms. The minimum atomic E-state index is -0.629. The summed E-state index contributed by atoms with van der Waals surface area (Å²) in [7, 11) is 0. The van der Waals surface area contributed by atoms with Crippen molar-refractivity contribution < 1.29 is 19.6 Å². The molecule has 2 aromatic rings. The van der Waals surface area contributed by atoms with Crippen LogP contribution in [0.2, 0.25) is 0 Å². The number of hydrogen-bond acceptors (Lipinski definition) is 5. The number of nitrogens with zero attached hydrogens (tertiary/aromatic N) is 1. The van der Waals surface area contributed by atoms with Gasteiger partial charge in [0.2, 0.25) is 0 Å². The summed E-state index contributed by atoms with van der Waals surface area (Å²) in [4.78, 5) is 35.2. The van der Waals surface area contributed by atoms with Gasteiger partial charge in [-0.25, -0.2) is 0 Å². The molecular formula is C18H16BrN3O5. The van der Waals surface area contributed by atoms with Crippen molar-refractivity contribution >= 4 is 39.5 Å². The highest BCUT2D eigenvalue weighted by Gasteiger charge is 2.16. The number of benzene rings is 2. The van der Waals surface area contributed by atoms with Crippen molar-refractivity contribution in [3.8, 4) is 0 Å². The molecule has 0 saturated heterocycles. The number of halogens is 1. The van der Waals surface area contributed by atoms with Gasteiger partial charge in [0.1, 0.15) is 5.70 Å². The van der Waals surface area contributed by atoms with Gasteiger partial charge in [-0.3, -0.25) is 19.7 Å². The van der Waals surface area contributed by atoms with E-state index in [1.54, 1.807) is 30.3 Å². The van der Waals surface area contributed by atoms with Crippen LogP contribution in [0, 0.1) is 10.1 Å². The summed E-state index contributed by atoms with van der Waals surface area (Å²) in [6, 6.07) is 12.3. The first-order valence-electron chi connectivity index (χ1n) is 7.83. The molecule has 0 aromatic heterocycles. The standard InChI is InChI=1S/C18H16BrN3O5/c19-15-7-2-1-6-14(15)17(24)21-16(18(25)20-8-9-23)11-12-4-3-5-13(10-12)22(26)27/h1-7,10-11,23H,8-9H2,(H,20,25)(H,21,24)/b16-11+. The van der Waals surface area contributed by atoms with Crippen LogP contribution in [0.5, 0.6) is 0 Å². The second-order valence-electron chi connectivity index (χ2n) is 5.32. The number of carbonyl (C=O) groups is 2. The van der Waals surface area contributed by atoms with Crippen molar-refractivity contribution in [2.45, 2.75) is 0 Å². The normalized spacial score (nSPS) is 11.0. The Morgan fingerprint density at radius 1 is 1.19 bits per heavy atom. The molecule has 2 amide bonds. The lowest BCUT2D eigenvalue weighted by Crippen LogP contribution is -2.36. The van der Waals surface area contributed by atoms with Gasteiger partial charge < -0.3 is 15.7 Å². The Hall–Kier alpha value is -3.04. The molecule has 140 valence electrons. The maximum atomic E-state index is 12.5. The van der Waals surface area contributed by atoms with E-state index >= 15 is 0 Å². The molecule has 0 aliphatic rings. The monoisotopic (exact) mass is 433 g/mol. The lowest BCUT2D eigenvalue weighted by molar-refractivity contribution is -0.384. The lowest BCUT2D eigenvalue weighted by Gasteiger charge is -2.11. The van der Waals surface area contributed by atoms with Crippen molar-refractivity contribution in [2.75, 3.05) is 13.2 Å². The first kappa shape index (κ1) is 20.3. The van der Waals surface area contributed by atoms with Crippen molar-refractivity contribution in [3.63, 3.8) is 0 Å². The van der Waals surface area contributed by atoms with E-state index < -0.39 is 16.7 Å². The largest absolute Gasteiger partial charge is 0.395 e. The minimum Gasteiger partial charge on any atom is -0.395 e. The van der Waals surface area contributed by atoms with Crippen LogP contribution in [0.3, 0.4) is 0 Å². The first-order chi connectivity index (χ1) is 12.9. The van der Waals surface area contributed by atoms with E-state index in [1.807, 2.05) is 0 Å². The molecule has 0 radical (unpaired) electrons. The molecule has 2 aromatic carbocycles. The summed E-state index contributed by atoms with van der Waals surface area (Å²) in [5.41, 5.74) is 0.434. The van der Waals surface area contributed by atoms with E-state index in [2.05, 4.69) is 26.6 Å². The van der Waals surface area contributed by atoms with Crippen LogP contribution in [0.1, 0.15) is 15.9 Å². The summed E-state index contributed by atoms with van der Waals surface area (Å²) in [5.74, 6) is -1.16. The Balaban J connectivity index is 2.35. The summed E-state index contributed by atoms with van der Waals surface area (Å²) in [6.45, 7) is -0.274. The summed E-state index contributed by atoms with van der Waals surface area (Å²) in [6.07, 6.45) is 1.33. The fraction of sp³-hybridized carbons (Fsp3) is 0.111. The molecule has 9 heteroatoms. The van der Waals surface area contributed by atoms with Gasteiger partial charge in [-0.2, -0.15) is 0 Å². The number of amides is 2. The Kier molecular flexibility index (Phi) is 7.21. The maximum Gasteiger partial charge on any atom is 0.270 e. The smallest absolute Gasteiger partial charge is 0.270 e. The zero-order valence-electron chi connectivity index (χ0n) is 14.0. The van der Waals surface area contributed by atoms with Gasteiger partial charge in [0, 0.05) is 23.2 Å². The van der Waals surface area contributed by atoms with Crippen molar-refractivity contribution in [1.29, 1.82) is 0 Å². The third-order valence-electron chi connectivity index (χ3n) is 3.40. The number of carbonyl (C=O) groups excluding carboxylic acids is 2. The lowest BCUT2D eigenvalue weighted by atomic mass is 10.1. The Labute approximate surface area is 163 Å². The van der Waals surface area contributed by atoms with Gasteiger partial charge in [0.15, 0.2) is 0 Å². The number of nitrogens with one attached hydrogen (secondary N) is 2. The van der Waals surface area contributed by atoms with Gasteiger partial charge in [0.25, 0.3) is 17.5 Å². The fourth-order valence-corrected chi connectivity index (χ4v) is 2.62. The van der Waals surface area contributed by atoms with Crippen LogP contribution in [0.25, 0.3) is 6.08 Å². The average Bonchev–Trinajstić information content (AvgIpc) is 2.66. The van der Waals surface area contributed by atoms with E-state index in [9.17, 15) is 19.7 Å². The van der Waals surface area contributed by atoms with Crippen molar-refractivity contribution in [1.82, 2.24) is 10.6 Å². The summed E-state index contributed by atoms with van der Waals surface area (Å²) < 4.78 is 0.549. The number of rotatable bonds is 7. The molecule has 0 saturated carbocycles. The molecule has 27 heavy (non-hydrogen) atoms. The molecular weight excluding hydrogens is 418 g/mol. The van der Waals surface area contributed by atoms with E-state index in [-0.39, 0.29) is 24.5 Å². The molecule has 0 atom stereocenters. The molecule has 0 unspecified atom stereocenters. The Morgan fingerprint density at radius 2 is 1.93 bits per heavy atom. The SMILES string of the molecule is O=C(NCCO)/C(=C\c1cccc([N+](=O)[O-])c1)NC(=O)c1ccccc1Br. The van der Waals surface area contributed by atoms with E-state index in [1.165, 1.54) is 24.3 Å². The third kappa shape index (κ3) is 5.73. The summed E-state index contributed by atoms with van der Waals surface area (Å²) >= 11 is 3.27. The van der Waals surface area contributed by atoms with Crippen LogP contribution in [0.4, 0.5) is 5.69 Å². The van der Waals surface area contributed by atoms with Crippen LogP contribution in [-0.2, 0) is 4.79 Å². The van der Waals surface area contributed by atoms with Gasteiger partial charge in [-0.1, -0.05) is 24.3 Å². The van der Waals surface area contributed by atoms with Gasteiger partial charge in [0.05, 0.1) is 17.1 Å². The highest BCUT2D eigenvalue weighted by Crippen LogP contribution is 2.18. The number of aliphatic hydroxyl groups excluding tert-OH is 1. The maximum absolute atomic E-state index is 12.5. The highest BCUT2D eigenvalue weighted by molar-refractivity contribution is 9.10. The number of nitro groups is 1. The number of aliphatic hydroxyl groups is 1. The van der Waals surface area contributed by atoms with E-state index in [4.69, 9.17) is 5.11 Å².